The van der Waals surface area contributed by atoms with Crippen molar-refractivity contribution < 1.29 is 18.3 Å². The maximum Gasteiger partial charge on any atom is 0.387 e. The van der Waals surface area contributed by atoms with Crippen LogP contribution in [0.15, 0.2) is 53.9 Å². The van der Waals surface area contributed by atoms with Crippen LogP contribution in [0.5, 0.6) is 5.75 Å². The van der Waals surface area contributed by atoms with E-state index in [1.165, 1.54) is 21.5 Å². The Balaban J connectivity index is 1.72. The average Bonchev–Trinajstić information content (AvgIpc) is 3.36. The highest BCUT2D eigenvalue weighted by atomic mass is 32.2. The van der Waals surface area contributed by atoms with E-state index in [4.69, 9.17) is 4.74 Å². The minimum atomic E-state index is -2.99. The Kier molecular flexibility index (Phi) is 6.35. The third kappa shape index (κ3) is 4.57. The van der Waals surface area contributed by atoms with Gasteiger partial charge in [0.2, 0.25) is 0 Å². The van der Waals surface area contributed by atoms with Gasteiger partial charge in [0.1, 0.15) is 17.0 Å². The first-order valence-electron chi connectivity index (χ1n) is 9.81. The molecule has 0 spiro atoms. The van der Waals surface area contributed by atoms with Crippen molar-refractivity contribution in [3.05, 3.63) is 54.6 Å². The van der Waals surface area contributed by atoms with Crippen LogP contribution in [0, 0.1) is 0 Å². The Morgan fingerprint density at radius 1 is 1.34 bits per heavy atom. The lowest BCUT2D eigenvalue weighted by Gasteiger charge is -2.12. The SMILES string of the molecule is CCCSc1ccc(OC(F)F)c(-c2nn(C)cc2NC(=O)c2cnn3cccnc23)c1. The van der Waals surface area contributed by atoms with Gasteiger partial charge >= 0.3 is 6.61 Å². The lowest BCUT2D eigenvalue weighted by Crippen LogP contribution is -2.12. The largest absolute Gasteiger partial charge is 0.434 e. The topological polar surface area (TPSA) is 86.3 Å². The quantitative estimate of drug-likeness (QED) is 0.392. The number of amides is 1. The van der Waals surface area contributed by atoms with Gasteiger partial charge in [-0.1, -0.05) is 6.92 Å². The second kappa shape index (κ2) is 9.35. The van der Waals surface area contributed by atoms with E-state index >= 15 is 0 Å². The van der Waals surface area contributed by atoms with Gasteiger partial charge in [0, 0.05) is 36.1 Å². The Labute approximate surface area is 186 Å². The predicted octanol–water partition coefficient (Wildman–Crippen LogP) is 4.49. The molecule has 3 aromatic heterocycles. The molecule has 3 heterocycles. The molecule has 0 bridgehead atoms. The molecule has 1 amide bonds. The predicted molar refractivity (Wildman–Crippen MR) is 117 cm³/mol. The van der Waals surface area contributed by atoms with Gasteiger partial charge in [-0.05, 0) is 36.4 Å². The first-order valence-corrected chi connectivity index (χ1v) is 10.8. The van der Waals surface area contributed by atoms with E-state index < -0.39 is 12.5 Å². The number of carbonyl (C=O) groups excluding carboxylic acids is 1. The molecule has 1 N–H and O–H groups in total. The third-order valence-corrected chi connectivity index (χ3v) is 5.70. The average molecular weight is 458 g/mol. The third-order valence-electron chi connectivity index (χ3n) is 4.50. The molecule has 0 unspecified atom stereocenters. The highest BCUT2D eigenvalue weighted by Gasteiger charge is 2.21. The number of fused-ring (bicyclic) bond motifs is 1. The second-order valence-electron chi connectivity index (χ2n) is 6.85. The van der Waals surface area contributed by atoms with Crippen LogP contribution in [0.25, 0.3) is 16.9 Å². The second-order valence-corrected chi connectivity index (χ2v) is 8.02. The molecule has 8 nitrogen and oxygen atoms in total. The number of nitrogens with one attached hydrogen (secondary N) is 1. The van der Waals surface area contributed by atoms with Crippen LogP contribution in [0.1, 0.15) is 23.7 Å². The number of nitrogens with zero attached hydrogens (tertiary/aromatic N) is 5. The van der Waals surface area contributed by atoms with Crippen molar-refractivity contribution in [2.45, 2.75) is 24.9 Å². The molecule has 32 heavy (non-hydrogen) atoms. The van der Waals surface area contributed by atoms with Crippen molar-refractivity contribution in [3.63, 3.8) is 0 Å². The summed E-state index contributed by atoms with van der Waals surface area (Å²) >= 11 is 1.60. The number of hydrogen-bond donors (Lipinski definition) is 1. The van der Waals surface area contributed by atoms with Gasteiger partial charge in [0.15, 0.2) is 5.65 Å². The molecule has 0 saturated heterocycles. The van der Waals surface area contributed by atoms with Gasteiger partial charge in [-0.15, -0.1) is 11.8 Å². The number of ether oxygens (including phenoxy) is 1. The molecule has 166 valence electrons. The zero-order valence-electron chi connectivity index (χ0n) is 17.3. The number of anilines is 1. The summed E-state index contributed by atoms with van der Waals surface area (Å²) in [5.74, 6) is 0.413. The lowest BCUT2D eigenvalue weighted by molar-refractivity contribution is -0.0494. The molecule has 1 aromatic carbocycles. The molecule has 11 heteroatoms. The van der Waals surface area contributed by atoms with Crippen LogP contribution < -0.4 is 10.1 Å². The van der Waals surface area contributed by atoms with Gasteiger partial charge < -0.3 is 10.1 Å². The van der Waals surface area contributed by atoms with Crippen molar-refractivity contribution in [3.8, 4) is 17.0 Å². The first-order chi connectivity index (χ1) is 15.5. The summed E-state index contributed by atoms with van der Waals surface area (Å²) in [5, 5.41) is 11.3. The van der Waals surface area contributed by atoms with Crippen LogP contribution in [0.4, 0.5) is 14.5 Å². The highest BCUT2D eigenvalue weighted by Crippen LogP contribution is 2.38. The smallest absolute Gasteiger partial charge is 0.387 e. The van der Waals surface area contributed by atoms with Crippen LogP contribution >= 0.6 is 11.8 Å². The summed E-state index contributed by atoms with van der Waals surface area (Å²) in [4.78, 5) is 18.0. The lowest BCUT2D eigenvalue weighted by atomic mass is 10.1. The van der Waals surface area contributed by atoms with E-state index in [2.05, 4.69) is 27.4 Å². The Morgan fingerprint density at radius 2 is 2.19 bits per heavy atom. The van der Waals surface area contributed by atoms with E-state index in [0.717, 1.165) is 17.1 Å². The van der Waals surface area contributed by atoms with Crippen LogP contribution in [-0.2, 0) is 7.05 Å². The summed E-state index contributed by atoms with van der Waals surface area (Å²) < 4.78 is 33.8. The number of thioether (sulfide) groups is 1. The zero-order chi connectivity index (χ0) is 22.7. The molecule has 4 rings (SSSR count). The number of benzene rings is 1. The van der Waals surface area contributed by atoms with Crippen LogP contribution in [0.2, 0.25) is 0 Å². The molecule has 0 aliphatic heterocycles. The summed E-state index contributed by atoms with van der Waals surface area (Å²) in [7, 11) is 1.68. The number of aryl methyl sites for hydroxylation is 1. The van der Waals surface area contributed by atoms with Crippen molar-refractivity contribution in [2.24, 2.45) is 7.05 Å². The molecule has 0 radical (unpaired) electrons. The van der Waals surface area contributed by atoms with Gasteiger partial charge in [0.25, 0.3) is 5.91 Å². The van der Waals surface area contributed by atoms with E-state index in [1.807, 2.05) is 0 Å². The standard InChI is InChI=1S/C21H20F2N6O2S/c1-3-9-32-13-5-6-17(31-21(22)23)14(10-13)18-16(12-28(2)27-18)26-20(30)15-11-25-29-8-4-7-24-19(15)29/h4-8,10-12,21H,3,9H2,1-2H3,(H,26,30). The molecule has 4 aromatic rings. The monoisotopic (exact) mass is 458 g/mol. The minimum absolute atomic E-state index is 0.0207. The molecule has 0 aliphatic carbocycles. The van der Waals surface area contributed by atoms with Crippen LogP contribution in [0.3, 0.4) is 0 Å². The summed E-state index contributed by atoms with van der Waals surface area (Å²) in [6, 6.07) is 6.67. The molecular weight excluding hydrogens is 438 g/mol. The normalized spacial score (nSPS) is 11.3. The fourth-order valence-corrected chi connectivity index (χ4v) is 3.96. The molecule has 0 fully saturated rings. The maximum absolute atomic E-state index is 13.0. The molecular formula is C21H20F2N6O2S. The minimum Gasteiger partial charge on any atom is -0.434 e. The number of carbonyl (C=O) groups is 1. The van der Waals surface area contributed by atoms with Crippen molar-refractivity contribution in [2.75, 3.05) is 11.1 Å². The summed E-state index contributed by atoms with van der Waals surface area (Å²) in [6.07, 6.45) is 7.23. The van der Waals surface area contributed by atoms with Crippen molar-refractivity contribution in [1.29, 1.82) is 0 Å². The fraction of sp³-hybridized carbons (Fsp3) is 0.238. The van der Waals surface area contributed by atoms with Crippen molar-refractivity contribution in [1.82, 2.24) is 24.4 Å². The zero-order valence-corrected chi connectivity index (χ0v) is 18.1. The number of hydrogen-bond acceptors (Lipinski definition) is 6. The van der Waals surface area contributed by atoms with Gasteiger partial charge in [0.05, 0.1) is 11.9 Å². The number of aromatic nitrogens is 5. The molecule has 0 aliphatic rings. The fourth-order valence-electron chi connectivity index (χ4n) is 3.16. The van der Waals surface area contributed by atoms with Gasteiger partial charge in [-0.2, -0.15) is 19.0 Å². The number of alkyl halides is 2. The Hall–Kier alpha value is -3.47. The van der Waals surface area contributed by atoms with Crippen LogP contribution in [-0.4, -0.2) is 42.7 Å². The van der Waals surface area contributed by atoms with E-state index in [1.54, 1.807) is 55.6 Å². The summed E-state index contributed by atoms with van der Waals surface area (Å²) in [6.45, 7) is -0.932. The number of rotatable bonds is 8. The maximum atomic E-state index is 13.0. The summed E-state index contributed by atoms with van der Waals surface area (Å²) in [5.41, 5.74) is 1.71. The number of halogens is 2. The van der Waals surface area contributed by atoms with E-state index in [0.29, 0.717) is 22.6 Å². The van der Waals surface area contributed by atoms with Crippen molar-refractivity contribution >= 4 is 29.0 Å². The van der Waals surface area contributed by atoms with Gasteiger partial charge in [-0.3, -0.25) is 9.48 Å². The first kappa shape index (κ1) is 21.8. The molecule has 0 atom stereocenters. The Morgan fingerprint density at radius 3 is 2.97 bits per heavy atom. The highest BCUT2D eigenvalue weighted by molar-refractivity contribution is 7.99. The van der Waals surface area contributed by atoms with E-state index in [-0.39, 0.29) is 11.3 Å². The van der Waals surface area contributed by atoms with E-state index in [9.17, 15) is 13.6 Å². The Bertz CT molecular complexity index is 1260. The molecule has 0 saturated carbocycles. The van der Waals surface area contributed by atoms with Gasteiger partial charge in [-0.25, -0.2) is 9.50 Å².